The molecule has 1 unspecified atom stereocenters. The van der Waals surface area contributed by atoms with Crippen LogP contribution in [0.5, 0.6) is 0 Å². The zero-order chi connectivity index (χ0) is 15.7. The number of nitrogens with zero attached hydrogens (tertiary/aromatic N) is 3. The van der Waals surface area contributed by atoms with Gasteiger partial charge in [0.25, 0.3) is 5.91 Å². The highest BCUT2D eigenvalue weighted by molar-refractivity contribution is 5.87. The quantitative estimate of drug-likeness (QED) is 0.395. The Balaban J connectivity index is 0. The van der Waals surface area contributed by atoms with E-state index in [4.69, 9.17) is 0 Å². The van der Waals surface area contributed by atoms with Crippen molar-refractivity contribution in [2.75, 3.05) is 27.2 Å². The monoisotopic (exact) mass is 322 g/mol. The summed E-state index contributed by atoms with van der Waals surface area (Å²) < 4.78 is 0. The lowest BCUT2D eigenvalue weighted by Gasteiger charge is -2.20. The van der Waals surface area contributed by atoms with Crippen LogP contribution in [0.15, 0.2) is 5.29 Å². The molecule has 0 aromatic heterocycles. The van der Waals surface area contributed by atoms with Crippen molar-refractivity contribution in [2.24, 2.45) is 11.2 Å². The van der Waals surface area contributed by atoms with E-state index in [0.717, 1.165) is 18.0 Å². The molecule has 8 heteroatoms. The Kier molecular flexibility index (Phi) is 12.0. The summed E-state index contributed by atoms with van der Waals surface area (Å²) >= 11 is 0. The minimum Gasteiger partial charge on any atom is -0.344 e. The van der Waals surface area contributed by atoms with E-state index in [0.29, 0.717) is 6.42 Å². The van der Waals surface area contributed by atoms with E-state index in [-0.39, 0.29) is 30.8 Å². The van der Waals surface area contributed by atoms with Gasteiger partial charge in [0.1, 0.15) is 6.04 Å². The molecule has 124 valence electrons. The van der Waals surface area contributed by atoms with Gasteiger partial charge in [-0.1, -0.05) is 13.8 Å². The van der Waals surface area contributed by atoms with Gasteiger partial charge in [-0.2, -0.15) is 5.01 Å². The molecule has 1 atom stereocenters. The van der Waals surface area contributed by atoms with Gasteiger partial charge < -0.3 is 10.2 Å². The van der Waals surface area contributed by atoms with Gasteiger partial charge in [0.05, 0.1) is 5.29 Å². The van der Waals surface area contributed by atoms with Crippen molar-refractivity contribution in [3.63, 3.8) is 0 Å². The Hall–Kier alpha value is -1.21. The van der Waals surface area contributed by atoms with E-state index in [1.54, 1.807) is 20.8 Å². The molecular formula is C13H27ClN4O3. The van der Waals surface area contributed by atoms with E-state index < -0.39 is 11.9 Å². The summed E-state index contributed by atoms with van der Waals surface area (Å²) in [4.78, 5) is 36.2. The van der Waals surface area contributed by atoms with E-state index in [1.807, 2.05) is 19.0 Å². The highest BCUT2D eigenvalue weighted by Crippen LogP contribution is 2.02. The second-order valence-electron chi connectivity index (χ2n) is 5.44. The third-order valence-electron chi connectivity index (χ3n) is 2.83. The number of halogens is 1. The van der Waals surface area contributed by atoms with Gasteiger partial charge in [-0.3, -0.25) is 9.59 Å². The Morgan fingerprint density at radius 1 is 1.10 bits per heavy atom. The van der Waals surface area contributed by atoms with Crippen LogP contribution in [0.3, 0.4) is 0 Å². The average molecular weight is 323 g/mol. The number of unbranched alkanes of at least 4 members (excludes halogenated alkanes) is 1. The van der Waals surface area contributed by atoms with E-state index in [9.17, 15) is 14.5 Å². The lowest BCUT2D eigenvalue weighted by Crippen LogP contribution is -2.46. The molecule has 0 saturated carbocycles. The molecular weight excluding hydrogens is 296 g/mol. The zero-order valence-corrected chi connectivity index (χ0v) is 14.3. The van der Waals surface area contributed by atoms with Crippen LogP contribution in [0.1, 0.15) is 33.6 Å². The fourth-order valence-electron chi connectivity index (χ4n) is 1.55. The van der Waals surface area contributed by atoms with Crippen LogP contribution in [0.4, 0.5) is 0 Å². The lowest BCUT2D eigenvalue weighted by atomic mass is 10.2. The molecule has 0 aliphatic heterocycles. The van der Waals surface area contributed by atoms with Crippen LogP contribution in [-0.4, -0.2) is 54.9 Å². The van der Waals surface area contributed by atoms with Gasteiger partial charge in [0.2, 0.25) is 5.91 Å². The van der Waals surface area contributed by atoms with Crippen LogP contribution in [0.25, 0.3) is 0 Å². The molecule has 1 N–H and O–H groups in total. The summed E-state index contributed by atoms with van der Waals surface area (Å²) in [6.07, 6.45) is 1.57. The Morgan fingerprint density at radius 2 is 1.62 bits per heavy atom. The van der Waals surface area contributed by atoms with Gasteiger partial charge in [0.15, 0.2) is 0 Å². The summed E-state index contributed by atoms with van der Waals surface area (Å²) in [7, 11) is 3.93. The minimum absolute atomic E-state index is 0. The molecule has 21 heavy (non-hydrogen) atoms. The normalized spacial score (nSPS) is 11.8. The highest BCUT2D eigenvalue weighted by atomic mass is 35.5. The average Bonchev–Trinajstić information content (AvgIpc) is 2.37. The van der Waals surface area contributed by atoms with Crippen molar-refractivity contribution >= 4 is 24.2 Å². The molecule has 0 aromatic rings. The largest absolute Gasteiger partial charge is 0.344 e. The SMILES string of the molecule is CC(C)C(=O)NC(C)C(=O)N(CCCCN(C)C)N=O.Cl. The van der Waals surface area contributed by atoms with E-state index >= 15 is 0 Å². The number of rotatable bonds is 9. The third-order valence-corrected chi connectivity index (χ3v) is 2.83. The molecule has 0 fully saturated rings. The molecule has 0 saturated heterocycles. The van der Waals surface area contributed by atoms with Crippen molar-refractivity contribution in [1.82, 2.24) is 15.2 Å². The minimum atomic E-state index is -0.739. The number of nitroso groups, excluding NO2 is 1. The fraction of sp³-hybridized carbons (Fsp3) is 0.846. The van der Waals surface area contributed by atoms with Crippen LogP contribution in [-0.2, 0) is 9.59 Å². The van der Waals surface area contributed by atoms with Crippen molar-refractivity contribution in [2.45, 2.75) is 39.7 Å². The first-order valence-electron chi connectivity index (χ1n) is 6.89. The van der Waals surface area contributed by atoms with E-state index in [1.165, 1.54) is 0 Å². The predicted octanol–water partition coefficient (Wildman–Crippen LogP) is 1.42. The summed E-state index contributed by atoms with van der Waals surface area (Å²) in [6.45, 7) is 6.20. The first kappa shape index (κ1) is 22.1. The van der Waals surface area contributed by atoms with Crippen LogP contribution in [0, 0.1) is 10.8 Å². The Bertz CT molecular complexity index is 337. The Labute approximate surface area is 132 Å². The van der Waals surface area contributed by atoms with Gasteiger partial charge in [-0.05, 0) is 40.4 Å². The van der Waals surface area contributed by atoms with Gasteiger partial charge in [-0.25, -0.2) is 0 Å². The number of carbonyl (C=O) groups is 2. The van der Waals surface area contributed by atoms with Gasteiger partial charge >= 0.3 is 0 Å². The van der Waals surface area contributed by atoms with Crippen molar-refractivity contribution in [3.8, 4) is 0 Å². The third kappa shape index (κ3) is 9.36. The van der Waals surface area contributed by atoms with Crippen LogP contribution < -0.4 is 5.32 Å². The fourth-order valence-corrected chi connectivity index (χ4v) is 1.55. The van der Waals surface area contributed by atoms with Gasteiger partial charge in [0, 0.05) is 12.5 Å². The molecule has 0 radical (unpaired) electrons. The molecule has 0 bridgehead atoms. The first-order chi connectivity index (χ1) is 9.29. The Morgan fingerprint density at radius 3 is 2.05 bits per heavy atom. The summed E-state index contributed by atoms with van der Waals surface area (Å²) in [5.74, 6) is -0.897. The smallest absolute Gasteiger partial charge is 0.267 e. The number of hydrogen-bond donors (Lipinski definition) is 1. The maximum absolute atomic E-state index is 12.0. The molecule has 2 amide bonds. The van der Waals surface area contributed by atoms with Crippen LogP contribution >= 0.6 is 12.4 Å². The summed E-state index contributed by atoms with van der Waals surface area (Å²) in [5.41, 5.74) is 0. The maximum atomic E-state index is 12.0. The summed E-state index contributed by atoms with van der Waals surface area (Å²) in [6, 6.07) is -0.739. The second-order valence-corrected chi connectivity index (χ2v) is 5.44. The lowest BCUT2D eigenvalue weighted by molar-refractivity contribution is -0.136. The molecule has 0 aromatic carbocycles. The summed E-state index contributed by atoms with van der Waals surface area (Å²) in [5, 5.41) is 6.20. The second kappa shape index (κ2) is 11.4. The van der Waals surface area contributed by atoms with Crippen molar-refractivity contribution < 1.29 is 9.59 Å². The molecule has 0 heterocycles. The standard InChI is InChI=1S/C13H26N4O3.ClH/c1-10(2)12(18)14-11(3)13(19)17(15-20)9-7-6-8-16(4)5;/h10-11H,6-9H2,1-5H3,(H,14,18);1H. The molecule has 7 nitrogen and oxygen atoms in total. The van der Waals surface area contributed by atoms with Crippen LogP contribution in [0.2, 0.25) is 0 Å². The molecule has 0 spiro atoms. The molecule has 0 aliphatic carbocycles. The first-order valence-corrected chi connectivity index (χ1v) is 6.89. The van der Waals surface area contributed by atoms with E-state index in [2.05, 4.69) is 10.6 Å². The molecule has 0 aliphatic rings. The topological polar surface area (TPSA) is 82.1 Å². The van der Waals surface area contributed by atoms with Crippen molar-refractivity contribution in [1.29, 1.82) is 0 Å². The number of amides is 2. The number of nitrogens with one attached hydrogen (secondary N) is 1. The molecule has 0 rings (SSSR count). The highest BCUT2D eigenvalue weighted by Gasteiger charge is 2.23. The van der Waals surface area contributed by atoms with Crippen molar-refractivity contribution in [3.05, 3.63) is 4.91 Å². The predicted molar refractivity (Wildman–Crippen MR) is 85.0 cm³/mol. The number of hydrogen-bond acceptors (Lipinski definition) is 5. The maximum Gasteiger partial charge on any atom is 0.267 e. The number of carbonyl (C=O) groups excluding carboxylic acids is 2. The van der Waals surface area contributed by atoms with Gasteiger partial charge in [-0.15, -0.1) is 17.3 Å². The zero-order valence-electron chi connectivity index (χ0n) is 13.5.